The van der Waals surface area contributed by atoms with E-state index >= 15 is 0 Å². The molecule has 0 amide bonds. The molecule has 3 saturated carbocycles. The molecule has 8 heteroatoms. The minimum atomic E-state index is 0. The van der Waals surface area contributed by atoms with Gasteiger partial charge in [-0.3, -0.25) is 9.69 Å². The Bertz CT molecular complexity index is 1270. The van der Waals surface area contributed by atoms with Crippen molar-refractivity contribution < 1.29 is 4.79 Å². The van der Waals surface area contributed by atoms with Crippen molar-refractivity contribution in [2.24, 2.45) is 40.4 Å². The first-order chi connectivity index (χ1) is 21.8. The zero-order chi connectivity index (χ0) is 30.8. The molecule has 46 heavy (non-hydrogen) atoms. The molecule has 7 nitrogen and oxygen atoms in total. The van der Waals surface area contributed by atoms with Crippen molar-refractivity contribution in [3.8, 4) is 0 Å². The van der Waals surface area contributed by atoms with Crippen LogP contribution in [0.1, 0.15) is 97.8 Å². The molecule has 0 spiro atoms. The van der Waals surface area contributed by atoms with Crippen LogP contribution in [0, 0.1) is 40.4 Å². The van der Waals surface area contributed by atoms with Gasteiger partial charge in [0.25, 0.3) is 0 Å². The van der Waals surface area contributed by atoms with Crippen molar-refractivity contribution in [3.63, 3.8) is 0 Å². The molecule has 1 aromatic heterocycles. The van der Waals surface area contributed by atoms with Crippen LogP contribution in [0.2, 0.25) is 0 Å². The maximum absolute atomic E-state index is 12.3. The van der Waals surface area contributed by atoms with Gasteiger partial charge in [-0.05, 0) is 117 Å². The quantitative estimate of drug-likeness (QED) is 0.328. The predicted molar refractivity (Wildman–Crippen MR) is 190 cm³/mol. The zero-order valence-corrected chi connectivity index (χ0v) is 29.7. The topological polar surface area (TPSA) is 55.8 Å². The van der Waals surface area contributed by atoms with Crippen LogP contribution in [0.3, 0.4) is 0 Å². The molecule has 254 valence electrons. The van der Waals surface area contributed by atoms with Gasteiger partial charge in [0.1, 0.15) is 11.6 Å². The van der Waals surface area contributed by atoms with Gasteiger partial charge in [-0.25, -0.2) is 0 Å². The summed E-state index contributed by atoms with van der Waals surface area (Å²) in [5, 5.41) is 0. The summed E-state index contributed by atoms with van der Waals surface area (Å²) in [6.07, 6.45) is 17.1. The van der Waals surface area contributed by atoms with Gasteiger partial charge in [-0.1, -0.05) is 26.3 Å². The molecule has 0 bridgehead atoms. The highest BCUT2D eigenvalue weighted by molar-refractivity contribution is 5.91. The lowest BCUT2D eigenvalue weighted by Crippen LogP contribution is -2.52. The molecule has 8 rings (SSSR count). The third kappa shape index (κ3) is 5.67. The van der Waals surface area contributed by atoms with Gasteiger partial charge in [0.2, 0.25) is 5.95 Å². The van der Waals surface area contributed by atoms with E-state index in [1.54, 1.807) is 0 Å². The molecular formula is C38H59ClN6O. The Balaban J connectivity index is 0.00000338. The van der Waals surface area contributed by atoms with E-state index in [1.807, 2.05) is 0 Å². The maximum Gasteiger partial charge on any atom is 0.229 e. The highest BCUT2D eigenvalue weighted by Crippen LogP contribution is 2.67. The molecule has 0 N–H and O–H groups in total. The average Bonchev–Trinajstić information content (AvgIpc) is 3.83. The summed E-state index contributed by atoms with van der Waals surface area (Å²) in [6, 6.07) is 2.29. The molecule has 3 aliphatic heterocycles. The molecule has 7 aliphatic rings. The first-order valence-corrected chi connectivity index (χ1v) is 18.9. The number of carbonyl (C=O) groups excluding carboxylic acids is 1. The molecular weight excluding hydrogens is 592 g/mol. The van der Waals surface area contributed by atoms with Gasteiger partial charge in [-0.2, -0.15) is 9.97 Å². The van der Waals surface area contributed by atoms with E-state index in [2.05, 4.69) is 52.5 Å². The number of halogens is 1. The van der Waals surface area contributed by atoms with Crippen LogP contribution in [0.4, 0.5) is 17.6 Å². The molecule has 0 aromatic carbocycles. The summed E-state index contributed by atoms with van der Waals surface area (Å²) >= 11 is 0. The van der Waals surface area contributed by atoms with E-state index in [0.29, 0.717) is 11.2 Å². The Kier molecular flexibility index (Phi) is 9.14. The molecule has 0 radical (unpaired) electrons. The fraction of sp³-hybridized carbons (Fsp3) is 0.816. The van der Waals surface area contributed by atoms with Crippen molar-refractivity contribution in [2.75, 3.05) is 73.6 Å². The Morgan fingerprint density at radius 3 is 2.13 bits per heavy atom. The van der Waals surface area contributed by atoms with Crippen molar-refractivity contribution in [2.45, 2.75) is 97.8 Å². The van der Waals surface area contributed by atoms with Crippen LogP contribution >= 0.6 is 12.4 Å². The van der Waals surface area contributed by atoms with Gasteiger partial charge in [0, 0.05) is 71.4 Å². The third-order valence-electron chi connectivity index (χ3n) is 14.5. The largest absolute Gasteiger partial charge is 0.356 e. The minimum absolute atomic E-state index is 0. The number of anilines is 3. The normalized spacial score (nSPS) is 37.0. The maximum atomic E-state index is 12.3. The van der Waals surface area contributed by atoms with Gasteiger partial charge in [0.05, 0.1) is 0 Å². The molecule has 7 atom stereocenters. The smallest absolute Gasteiger partial charge is 0.229 e. The average molecular weight is 651 g/mol. The molecule has 3 saturated heterocycles. The van der Waals surface area contributed by atoms with Crippen LogP contribution in [0.5, 0.6) is 0 Å². The third-order valence-corrected chi connectivity index (χ3v) is 14.5. The molecule has 1 aromatic rings. The van der Waals surface area contributed by atoms with Crippen LogP contribution in [-0.4, -0.2) is 79.6 Å². The summed E-state index contributed by atoms with van der Waals surface area (Å²) in [6.45, 7) is 17.9. The van der Waals surface area contributed by atoms with Gasteiger partial charge < -0.3 is 14.7 Å². The highest BCUT2D eigenvalue weighted by atomic mass is 35.5. The summed E-state index contributed by atoms with van der Waals surface area (Å²) in [7, 11) is 0. The van der Waals surface area contributed by atoms with Crippen LogP contribution in [-0.2, 0) is 4.79 Å². The van der Waals surface area contributed by atoms with E-state index in [1.165, 1.54) is 76.3 Å². The van der Waals surface area contributed by atoms with E-state index in [4.69, 9.17) is 9.97 Å². The first-order valence-electron chi connectivity index (χ1n) is 18.9. The Morgan fingerprint density at radius 1 is 0.783 bits per heavy atom. The van der Waals surface area contributed by atoms with E-state index < -0.39 is 0 Å². The monoisotopic (exact) mass is 650 g/mol. The molecule has 4 aliphatic carbocycles. The van der Waals surface area contributed by atoms with Crippen molar-refractivity contribution in [1.29, 1.82) is 0 Å². The second-order valence-corrected chi connectivity index (χ2v) is 16.7. The van der Waals surface area contributed by atoms with Crippen LogP contribution < -0.4 is 14.7 Å². The number of piperazine rings is 1. The number of aromatic nitrogens is 2. The number of hydrogen-bond donors (Lipinski definition) is 0. The van der Waals surface area contributed by atoms with Gasteiger partial charge in [-0.15, -0.1) is 12.4 Å². The molecule has 1 unspecified atom stereocenters. The van der Waals surface area contributed by atoms with Crippen molar-refractivity contribution in [3.05, 3.63) is 17.7 Å². The van der Waals surface area contributed by atoms with Gasteiger partial charge in [0.15, 0.2) is 5.78 Å². The number of nitrogens with zero attached hydrogens (tertiary/aromatic N) is 6. The number of carbonyl (C=O) groups is 1. The summed E-state index contributed by atoms with van der Waals surface area (Å²) in [5.41, 5.74) is 2.28. The zero-order valence-electron chi connectivity index (χ0n) is 28.9. The number of allylic oxidation sites excluding steroid dienone is 1. The fourth-order valence-electron chi connectivity index (χ4n) is 12.0. The predicted octanol–water partition coefficient (Wildman–Crippen LogP) is 7.01. The summed E-state index contributed by atoms with van der Waals surface area (Å²) in [4.78, 5) is 32.7. The number of rotatable bonds is 6. The van der Waals surface area contributed by atoms with Gasteiger partial charge >= 0.3 is 0 Å². The van der Waals surface area contributed by atoms with E-state index in [0.717, 1.165) is 112 Å². The molecule has 6 fully saturated rings. The Morgan fingerprint density at radius 2 is 1.43 bits per heavy atom. The lowest BCUT2D eigenvalue weighted by molar-refractivity contribution is -0.117. The SMILES string of the molecule is CC(CN1CCN(c2cc(N3CCCC3)nc(N3CCCC3)n2)CC1)[C@H]1CC[C@H]2[C@@H]3CCC4=CC(=O)CC[C@]4(C)[C@H]3CC[C@]12C.Cl. The second kappa shape index (κ2) is 12.9. The van der Waals surface area contributed by atoms with Crippen molar-refractivity contribution >= 4 is 35.8 Å². The summed E-state index contributed by atoms with van der Waals surface area (Å²) in [5.74, 6) is 7.75. The molecule has 4 heterocycles. The highest BCUT2D eigenvalue weighted by Gasteiger charge is 2.59. The number of fused-ring (bicyclic) bond motifs is 5. The van der Waals surface area contributed by atoms with E-state index in [9.17, 15) is 4.79 Å². The standard InChI is InChI=1S/C38H58N6O.ClH/c1-27(31-10-11-32-30-9-8-28-24-29(45)12-14-37(28,2)33(30)13-15-38(31,32)3)26-41-20-22-43(23-21-41)35-25-34(42-16-4-5-17-42)39-36(40-35)44-18-6-7-19-44;/h24-25,27,30-33H,4-23,26H2,1-3H3;1H/t27?,30-,31+,32-,33-,37-,38+;/m0./s1. The minimum Gasteiger partial charge on any atom is -0.356 e. The lowest BCUT2D eigenvalue weighted by Gasteiger charge is -2.58. The fourth-order valence-corrected chi connectivity index (χ4v) is 12.0. The summed E-state index contributed by atoms with van der Waals surface area (Å²) < 4.78 is 0. The Labute approximate surface area is 284 Å². The number of ketones is 1. The Hall–Kier alpha value is -1.86. The van der Waals surface area contributed by atoms with Crippen molar-refractivity contribution in [1.82, 2.24) is 14.9 Å². The lowest BCUT2D eigenvalue weighted by atomic mass is 9.46. The first kappa shape index (κ1) is 32.7. The van der Waals surface area contributed by atoms with Crippen LogP contribution in [0.15, 0.2) is 17.7 Å². The second-order valence-electron chi connectivity index (χ2n) is 16.7. The van der Waals surface area contributed by atoms with Crippen LogP contribution in [0.25, 0.3) is 0 Å². The van der Waals surface area contributed by atoms with E-state index in [-0.39, 0.29) is 17.8 Å². The number of hydrogen-bond acceptors (Lipinski definition) is 7.